The van der Waals surface area contributed by atoms with Gasteiger partial charge < -0.3 is 9.47 Å². The number of esters is 2. The molecule has 0 aliphatic rings. The molecule has 5 nitrogen and oxygen atoms in total. The topological polar surface area (TPSA) is 69.7 Å². The van der Waals surface area contributed by atoms with Gasteiger partial charge >= 0.3 is 11.9 Å². The first-order chi connectivity index (χ1) is 17.0. The number of Topliss-reactive ketones (excluding diaryl/α,β-unsaturated/α-hetero) is 1. The summed E-state index contributed by atoms with van der Waals surface area (Å²) in [6.07, 6.45) is -0.0470. The van der Waals surface area contributed by atoms with Crippen molar-refractivity contribution in [3.63, 3.8) is 0 Å². The smallest absolute Gasteiger partial charge is 0.320 e. The van der Waals surface area contributed by atoms with Gasteiger partial charge in [-0.15, -0.1) is 0 Å². The van der Waals surface area contributed by atoms with Crippen LogP contribution in [0.3, 0.4) is 0 Å². The predicted octanol–water partition coefficient (Wildman–Crippen LogP) is 6.09. The van der Waals surface area contributed by atoms with E-state index >= 15 is 0 Å². The average molecular weight is 469 g/mol. The molecule has 4 rings (SSSR count). The minimum atomic E-state index is -1.26. The van der Waals surface area contributed by atoms with E-state index in [1.165, 1.54) is 0 Å². The van der Waals surface area contributed by atoms with Gasteiger partial charge in [0.15, 0.2) is 11.7 Å². The summed E-state index contributed by atoms with van der Waals surface area (Å²) in [4.78, 5) is 39.7. The van der Waals surface area contributed by atoms with Gasteiger partial charge in [0.1, 0.15) is 0 Å². The number of carbonyl (C=O) groups excluding carboxylic acids is 3. The molecule has 4 aromatic carbocycles. The van der Waals surface area contributed by atoms with Crippen LogP contribution in [0.2, 0.25) is 0 Å². The summed E-state index contributed by atoms with van der Waals surface area (Å²) in [6.45, 7) is 3.62. The number of hydrogen-bond donors (Lipinski definition) is 0. The van der Waals surface area contributed by atoms with Crippen molar-refractivity contribution in [3.8, 4) is 0 Å². The van der Waals surface area contributed by atoms with Gasteiger partial charge in [-0.25, -0.2) is 0 Å². The molecule has 0 fully saturated rings. The molecule has 0 aliphatic carbocycles. The molecule has 0 aliphatic heterocycles. The number of ketones is 1. The molecule has 5 heteroatoms. The summed E-state index contributed by atoms with van der Waals surface area (Å²) >= 11 is 0. The van der Waals surface area contributed by atoms with Crippen molar-refractivity contribution in [1.29, 1.82) is 0 Å². The molecule has 178 valence electrons. The van der Waals surface area contributed by atoms with Gasteiger partial charge in [0, 0.05) is 17.9 Å². The van der Waals surface area contributed by atoms with Crippen LogP contribution in [0.1, 0.15) is 42.1 Å². The molecule has 1 atom stereocenters. The largest absolute Gasteiger partial charge is 0.465 e. The molecular weight excluding hydrogens is 440 g/mol. The molecule has 0 radical (unpaired) electrons. The number of fused-ring (bicyclic) bond motifs is 2. The molecule has 0 amide bonds. The molecule has 0 bridgehead atoms. The molecule has 0 heterocycles. The van der Waals surface area contributed by atoms with E-state index in [4.69, 9.17) is 9.47 Å². The van der Waals surface area contributed by atoms with Crippen LogP contribution in [0.4, 0.5) is 0 Å². The van der Waals surface area contributed by atoms with Crippen molar-refractivity contribution in [3.05, 3.63) is 96.1 Å². The molecular formula is C30H28O5. The lowest BCUT2D eigenvalue weighted by Gasteiger charge is -2.25. The average Bonchev–Trinajstić information content (AvgIpc) is 2.88. The van der Waals surface area contributed by atoms with E-state index in [1.54, 1.807) is 19.9 Å². The van der Waals surface area contributed by atoms with E-state index < -0.39 is 23.8 Å². The van der Waals surface area contributed by atoms with E-state index in [1.807, 2.05) is 78.9 Å². The van der Waals surface area contributed by atoms with Gasteiger partial charge in [-0.05, 0) is 47.0 Å². The number of benzene rings is 4. The number of carbonyl (C=O) groups is 3. The van der Waals surface area contributed by atoms with Gasteiger partial charge in [-0.3, -0.25) is 14.4 Å². The van der Waals surface area contributed by atoms with Crippen LogP contribution < -0.4 is 0 Å². The van der Waals surface area contributed by atoms with Gasteiger partial charge in [-0.1, -0.05) is 78.9 Å². The molecule has 0 saturated heterocycles. The lowest BCUT2D eigenvalue weighted by Crippen LogP contribution is -2.34. The van der Waals surface area contributed by atoms with Crippen molar-refractivity contribution >= 4 is 39.3 Å². The van der Waals surface area contributed by atoms with E-state index in [-0.39, 0.29) is 25.4 Å². The highest BCUT2D eigenvalue weighted by atomic mass is 16.6. The Morgan fingerprint density at radius 1 is 0.686 bits per heavy atom. The van der Waals surface area contributed by atoms with Gasteiger partial charge in [0.25, 0.3) is 0 Å². The second kappa shape index (κ2) is 11.0. The fourth-order valence-electron chi connectivity index (χ4n) is 4.55. The first-order valence-corrected chi connectivity index (χ1v) is 11.9. The van der Waals surface area contributed by atoms with Crippen LogP contribution in [0.5, 0.6) is 0 Å². The summed E-state index contributed by atoms with van der Waals surface area (Å²) in [7, 11) is 0. The number of rotatable bonds is 9. The standard InChI is InChI=1S/C30H28O5/c1-3-34-29(32)28(30(33)35-4-2)26(25-15-9-13-21-11-7-8-14-24(21)25)19-27(31)23-17-16-20-10-5-6-12-22(20)18-23/h5-18,26,28H,3-4,19H2,1-2H3. The third-order valence-corrected chi connectivity index (χ3v) is 6.18. The van der Waals surface area contributed by atoms with Crippen molar-refractivity contribution in [2.45, 2.75) is 26.2 Å². The van der Waals surface area contributed by atoms with Gasteiger partial charge in [-0.2, -0.15) is 0 Å². The van der Waals surface area contributed by atoms with Crippen LogP contribution >= 0.6 is 0 Å². The van der Waals surface area contributed by atoms with Crippen LogP contribution in [-0.2, 0) is 19.1 Å². The Morgan fingerprint density at radius 3 is 1.97 bits per heavy atom. The minimum absolute atomic E-state index is 0.0470. The highest BCUT2D eigenvalue weighted by Gasteiger charge is 2.40. The van der Waals surface area contributed by atoms with Crippen molar-refractivity contribution < 1.29 is 23.9 Å². The Morgan fingerprint density at radius 2 is 1.29 bits per heavy atom. The van der Waals surface area contributed by atoms with Crippen molar-refractivity contribution in [2.75, 3.05) is 13.2 Å². The molecule has 0 spiro atoms. The highest BCUT2D eigenvalue weighted by Crippen LogP contribution is 2.36. The molecule has 4 aromatic rings. The number of hydrogen-bond acceptors (Lipinski definition) is 5. The summed E-state index contributed by atoms with van der Waals surface area (Å²) in [5.74, 6) is -3.54. The zero-order valence-corrected chi connectivity index (χ0v) is 19.9. The van der Waals surface area contributed by atoms with Gasteiger partial charge in [0.05, 0.1) is 13.2 Å². The Balaban J connectivity index is 1.81. The second-order valence-corrected chi connectivity index (χ2v) is 8.35. The van der Waals surface area contributed by atoms with Crippen LogP contribution in [0.25, 0.3) is 21.5 Å². The Labute approximate surface area is 204 Å². The van der Waals surface area contributed by atoms with Crippen molar-refractivity contribution in [1.82, 2.24) is 0 Å². The van der Waals surface area contributed by atoms with Crippen LogP contribution in [-0.4, -0.2) is 30.9 Å². The minimum Gasteiger partial charge on any atom is -0.465 e. The van der Waals surface area contributed by atoms with Crippen molar-refractivity contribution in [2.24, 2.45) is 5.92 Å². The molecule has 0 saturated carbocycles. The fourth-order valence-corrected chi connectivity index (χ4v) is 4.55. The molecule has 1 unspecified atom stereocenters. The zero-order valence-electron chi connectivity index (χ0n) is 19.9. The Bertz CT molecular complexity index is 1350. The Kier molecular flexibility index (Phi) is 7.56. The van der Waals surface area contributed by atoms with Crippen LogP contribution in [0.15, 0.2) is 84.9 Å². The first kappa shape index (κ1) is 24.1. The fraction of sp³-hybridized carbons (Fsp3) is 0.233. The zero-order chi connectivity index (χ0) is 24.8. The third kappa shape index (κ3) is 5.24. The first-order valence-electron chi connectivity index (χ1n) is 11.9. The van der Waals surface area contributed by atoms with E-state index in [2.05, 4.69) is 0 Å². The SMILES string of the molecule is CCOC(=O)C(C(=O)OCC)C(CC(=O)c1ccc2ccccc2c1)c1cccc2ccccc12. The maximum atomic E-state index is 13.6. The second-order valence-electron chi connectivity index (χ2n) is 8.35. The number of ether oxygens (including phenoxy) is 2. The molecule has 35 heavy (non-hydrogen) atoms. The predicted molar refractivity (Wildman–Crippen MR) is 136 cm³/mol. The maximum Gasteiger partial charge on any atom is 0.320 e. The lowest BCUT2D eigenvalue weighted by atomic mass is 9.79. The highest BCUT2D eigenvalue weighted by molar-refractivity contribution is 6.03. The normalized spacial score (nSPS) is 12.0. The summed E-state index contributed by atoms with van der Waals surface area (Å²) in [5, 5.41) is 3.82. The van der Waals surface area contributed by atoms with E-state index in [9.17, 15) is 14.4 Å². The van der Waals surface area contributed by atoms with Crippen LogP contribution in [0, 0.1) is 5.92 Å². The third-order valence-electron chi connectivity index (χ3n) is 6.18. The monoisotopic (exact) mass is 468 g/mol. The quantitative estimate of drug-likeness (QED) is 0.169. The lowest BCUT2D eigenvalue weighted by molar-refractivity contribution is -0.162. The summed E-state index contributed by atoms with van der Waals surface area (Å²) < 4.78 is 10.6. The summed E-state index contributed by atoms with van der Waals surface area (Å²) in [6, 6.07) is 26.8. The van der Waals surface area contributed by atoms with E-state index in [0.29, 0.717) is 5.56 Å². The molecule has 0 aromatic heterocycles. The Hall–Kier alpha value is -3.99. The summed E-state index contributed by atoms with van der Waals surface area (Å²) in [5.41, 5.74) is 1.27. The van der Waals surface area contributed by atoms with Gasteiger partial charge in [0.2, 0.25) is 0 Å². The van der Waals surface area contributed by atoms with E-state index in [0.717, 1.165) is 27.1 Å². The molecule has 0 N–H and O–H groups in total. The maximum absolute atomic E-state index is 13.6.